The Morgan fingerprint density at radius 1 is 1.08 bits per heavy atom. The van der Waals surface area contributed by atoms with Gasteiger partial charge in [0.2, 0.25) is 0 Å². The summed E-state index contributed by atoms with van der Waals surface area (Å²) in [5, 5.41) is 5.55. The molecular weight excluding hydrogens is 304 g/mol. The van der Waals surface area contributed by atoms with Crippen LogP contribution in [0.15, 0.2) is 48.5 Å². The van der Waals surface area contributed by atoms with Crippen molar-refractivity contribution in [3.05, 3.63) is 59.7 Å². The molecule has 0 saturated carbocycles. The molecule has 2 rings (SSSR count). The van der Waals surface area contributed by atoms with Crippen LogP contribution in [0.4, 0.5) is 5.69 Å². The van der Waals surface area contributed by atoms with E-state index in [4.69, 9.17) is 4.74 Å². The van der Waals surface area contributed by atoms with E-state index < -0.39 is 0 Å². The van der Waals surface area contributed by atoms with E-state index in [1.54, 1.807) is 24.3 Å². The molecule has 5 nitrogen and oxygen atoms in total. The van der Waals surface area contributed by atoms with Crippen LogP contribution in [0.25, 0.3) is 0 Å². The number of nitrogens with one attached hydrogen (secondary N) is 2. The first-order valence-corrected chi connectivity index (χ1v) is 7.85. The van der Waals surface area contributed by atoms with E-state index in [1.165, 1.54) is 0 Å². The molecule has 0 heterocycles. The maximum atomic E-state index is 12.0. The van der Waals surface area contributed by atoms with Gasteiger partial charge in [-0.1, -0.05) is 24.3 Å². The molecule has 0 radical (unpaired) electrons. The second kappa shape index (κ2) is 8.15. The lowest BCUT2D eigenvalue weighted by molar-refractivity contribution is -0.118. The molecule has 2 aromatic rings. The number of hydrogen-bond acceptors (Lipinski definition) is 3. The molecule has 126 valence electrons. The largest absolute Gasteiger partial charge is 0.483 e. The van der Waals surface area contributed by atoms with Crippen LogP contribution in [-0.2, 0) is 4.79 Å². The van der Waals surface area contributed by atoms with E-state index in [0.29, 0.717) is 17.0 Å². The number of amides is 2. The number of carbonyl (C=O) groups excluding carboxylic acids is 2. The molecule has 2 N–H and O–H groups in total. The van der Waals surface area contributed by atoms with E-state index in [9.17, 15) is 9.59 Å². The van der Waals surface area contributed by atoms with E-state index in [0.717, 1.165) is 5.56 Å². The van der Waals surface area contributed by atoms with Crippen molar-refractivity contribution in [3.63, 3.8) is 0 Å². The number of carbonyl (C=O) groups is 2. The molecule has 0 spiro atoms. The van der Waals surface area contributed by atoms with Crippen molar-refractivity contribution >= 4 is 17.5 Å². The number of rotatable bonds is 6. The quantitative estimate of drug-likeness (QED) is 0.857. The van der Waals surface area contributed by atoms with Crippen molar-refractivity contribution in [1.29, 1.82) is 0 Å². The van der Waals surface area contributed by atoms with Gasteiger partial charge < -0.3 is 15.4 Å². The Kier molecular flexibility index (Phi) is 5.95. The van der Waals surface area contributed by atoms with Gasteiger partial charge in [-0.15, -0.1) is 0 Å². The first-order valence-electron chi connectivity index (χ1n) is 7.85. The minimum absolute atomic E-state index is 0.0539. The summed E-state index contributed by atoms with van der Waals surface area (Å²) >= 11 is 0. The van der Waals surface area contributed by atoms with E-state index in [1.807, 2.05) is 45.0 Å². The monoisotopic (exact) mass is 326 g/mol. The lowest BCUT2D eigenvalue weighted by Crippen LogP contribution is -2.30. The smallest absolute Gasteiger partial charge is 0.262 e. The molecule has 0 fully saturated rings. The average molecular weight is 326 g/mol. The van der Waals surface area contributed by atoms with Gasteiger partial charge in [0.25, 0.3) is 11.8 Å². The fourth-order valence-corrected chi connectivity index (χ4v) is 2.14. The first kappa shape index (κ1) is 17.5. The minimum atomic E-state index is -0.278. The summed E-state index contributed by atoms with van der Waals surface area (Å²) in [4.78, 5) is 24.0. The lowest BCUT2D eigenvalue weighted by Gasteiger charge is -2.11. The number of aryl methyl sites for hydroxylation is 1. The normalized spacial score (nSPS) is 10.3. The maximum absolute atomic E-state index is 12.0. The zero-order chi connectivity index (χ0) is 17.5. The van der Waals surface area contributed by atoms with Gasteiger partial charge in [-0.25, -0.2) is 0 Å². The minimum Gasteiger partial charge on any atom is -0.483 e. The first-order chi connectivity index (χ1) is 11.5. The zero-order valence-corrected chi connectivity index (χ0v) is 14.1. The van der Waals surface area contributed by atoms with Crippen LogP contribution in [-0.4, -0.2) is 24.5 Å². The molecule has 0 atom stereocenters. The van der Waals surface area contributed by atoms with E-state index >= 15 is 0 Å². The summed E-state index contributed by atoms with van der Waals surface area (Å²) in [6, 6.07) is 14.4. The Bertz CT molecular complexity index is 726. The number of ether oxygens (including phenoxy) is 1. The second-order valence-corrected chi connectivity index (χ2v) is 5.81. The third-order valence-electron chi connectivity index (χ3n) is 3.28. The number of benzene rings is 2. The van der Waals surface area contributed by atoms with Gasteiger partial charge >= 0.3 is 0 Å². The number of anilines is 1. The highest BCUT2D eigenvalue weighted by molar-refractivity contribution is 5.97. The molecule has 0 aliphatic carbocycles. The molecule has 5 heteroatoms. The second-order valence-electron chi connectivity index (χ2n) is 5.81. The molecule has 0 saturated heterocycles. The predicted octanol–water partition coefficient (Wildman–Crippen LogP) is 3.15. The highest BCUT2D eigenvalue weighted by atomic mass is 16.5. The third kappa shape index (κ3) is 5.12. The highest BCUT2D eigenvalue weighted by Crippen LogP contribution is 2.16. The molecule has 0 aliphatic rings. The van der Waals surface area contributed by atoms with Gasteiger partial charge in [-0.2, -0.15) is 0 Å². The van der Waals surface area contributed by atoms with Crippen molar-refractivity contribution < 1.29 is 14.3 Å². The molecule has 0 aliphatic heterocycles. The third-order valence-corrected chi connectivity index (χ3v) is 3.28. The highest BCUT2D eigenvalue weighted by Gasteiger charge is 2.09. The maximum Gasteiger partial charge on any atom is 0.262 e. The molecule has 0 unspecified atom stereocenters. The topological polar surface area (TPSA) is 67.4 Å². The molecular formula is C19H22N2O3. The van der Waals surface area contributed by atoms with Gasteiger partial charge in [-0.05, 0) is 50.6 Å². The van der Waals surface area contributed by atoms with Gasteiger partial charge in [0.15, 0.2) is 6.61 Å². The Morgan fingerprint density at radius 2 is 1.83 bits per heavy atom. The van der Waals surface area contributed by atoms with Crippen molar-refractivity contribution in [1.82, 2.24) is 5.32 Å². The molecule has 0 aromatic heterocycles. The van der Waals surface area contributed by atoms with Gasteiger partial charge in [0, 0.05) is 17.3 Å². The predicted molar refractivity (Wildman–Crippen MR) is 94.3 cm³/mol. The van der Waals surface area contributed by atoms with Crippen molar-refractivity contribution in [3.8, 4) is 5.75 Å². The summed E-state index contributed by atoms with van der Waals surface area (Å²) in [5.41, 5.74) is 2.03. The Labute approximate surface area is 142 Å². The Morgan fingerprint density at radius 3 is 2.54 bits per heavy atom. The van der Waals surface area contributed by atoms with Crippen LogP contribution in [0.1, 0.15) is 29.8 Å². The van der Waals surface area contributed by atoms with E-state index in [-0.39, 0.29) is 24.5 Å². The van der Waals surface area contributed by atoms with Crippen LogP contribution in [0.3, 0.4) is 0 Å². The molecule has 24 heavy (non-hydrogen) atoms. The summed E-state index contributed by atoms with van der Waals surface area (Å²) < 4.78 is 5.51. The van der Waals surface area contributed by atoms with Gasteiger partial charge in [0.05, 0.1) is 0 Å². The summed E-state index contributed by atoms with van der Waals surface area (Å²) in [5.74, 6) is 0.231. The Balaban J connectivity index is 1.94. The van der Waals surface area contributed by atoms with Crippen LogP contribution >= 0.6 is 0 Å². The van der Waals surface area contributed by atoms with E-state index in [2.05, 4.69) is 10.6 Å². The average Bonchev–Trinajstić information content (AvgIpc) is 2.54. The van der Waals surface area contributed by atoms with Gasteiger partial charge in [0.1, 0.15) is 5.75 Å². The van der Waals surface area contributed by atoms with Crippen LogP contribution in [0.5, 0.6) is 5.75 Å². The lowest BCUT2D eigenvalue weighted by atomic mass is 10.1. The van der Waals surface area contributed by atoms with Gasteiger partial charge in [-0.3, -0.25) is 9.59 Å². The number of hydrogen-bond donors (Lipinski definition) is 2. The standard InChI is InChI=1S/C19H22N2O3/c1-13(2)20-19(23)15-8-6-9-16(11-15)21-18(22)12-24-17-10-5-4-7-14(17)3/h4-11,13H,12H2,1-3H3,(H,20,23)(H,21,22). The summed E-state index contributed by atoms with van der Waals surface area (Å²) in [6.07, 6.45) is 0. The fraction of sp³-hybridized carbons (Fsp3) is 0.263. The van der Waals surface area contributed by atoms with Crippen LogP contribution in [0.2, 0.25) is 0 Å². The summed E-state index contributed by atoms with van der Waals surface area (Å²) in [7, 11) is 0. The molecule has 2 aromatic carbocycles. The SMILES string of the molecule is Cc1ccccc1OCC(=O)Nc1cccc(C(=O)NC(C)C)c1. The number of para-hydroxylation sites is 1. The van der Waals surface area contributed by atoms with Crippen molar-refractivity contribution in [2.45, 2.75) is 26.8 Å². The zero-order valence-electron chi connectivity index (χ0n) is 14.1. The summed E-state index contributed by atoms with van der Waals surface area (Å²) in [6.45, 7) is 5.62. The van der Waals surface area contributed by atoms with Crippen LogP contribution < -0.4 is 15.4 Å². The molecule has 2 amide bonds. The van der Waals surface area contributed by atoms with Crippen LogP contribution in [0, 0.1) is 6.92 Å². The Hall–Kier alpha value is -2.82. The van der Waals surface area contributed by atoms with Crippen molar-refractivity contribution in [2.75, 3.05) is 11.9 Å². The van der Waals surface area contributed by atoms with Crippen molar-refractivity contribution in [2.24, 2.45) is 0 Å². The fourth-order valence-electron chi connectivity index (χ4n) is 2.14. The molecule has 0 bridgehead atoms.